The maximum atomic E-state index is 12.8. The number of hydrogen-bond donors (Lipinski definition) is 2. The van der Waals surface area contributed by atoms with Crippen LogP contribution in [-0.4, -0.2) is 23.0 Å². The summed E-state index contributed by atoms with van der Waals surface area (Å²) in [5.74, 6) is 0.979. The highest BCUT2D eigenvalue weighted by Gasteiger charge is 2.38. The molecule has 1 aromatic carbocycles. The van der Waals surface area contributed by atoms with Crippen LogP contribution in [0.25, 0.3) is 0 Å². The van der Waals surface area contributed by atoms with E-state index in [4.69, 9.17) is 4.74 Å². The van der Waals surface area contributed by atoms with Crippen LogP contribution in [0.5, 0.6) is 5.75 Å². The van der Waals surface area contributed by atoms with E-state index < -0.39 is 5.54 Å². The summed E-state index contributed by atoms with van der Waals surface area (Å²) in [5, 5.41) is 6.67. The summed E-state index contributed by atoms with van der Waals surface area (Å²) in [7, 11) is 0. The summed E-state index contributed by atoms with van der Waals surface area (Å²) in [6.45, 7) is 3.96. The second kappa shape index (κ2) is 10.2. The molecule has 150 valence electrons. The summed E-state index contributed by atoms with van der Waals surface area (Å²) in [4.78, 5) is 17.0. The third-order valence-electron chi connectivity index (χ3n) is 5.34. The fourth-order valence-electron chi connectivity index (χ4n) is 3.66. The number of rotatable bonds is 9. The number of carbonyl (C=O) groups is 1. The van der Waals surface area contributed by atoms with Crippen LogP contribution >= 0.6 is 0 Å². The van der Waals surface area contributed by atoms with Gasteiger partial charge in [-0.2, -0.15) is 0 Å². The minimum atomic E-state index is -0.429. The molecule has 1 heterocycles. The lowest BCUT2D eigenvalue weighted by atomic mass is 9.80. The maximum Gasteiger partial charge on any atom is 0.240 e. The molecule has 5 nitrogen and oxygen atoms in total. The van der Waals surface area contributed by atoms with E-state index in [1.54, 1.807) is 6.20 Å². The lowest BCUT2D eigenvalue weighted by molar-refractivity contribution is -0.129. The number of ether oxygens (including phenoxy) is 1. The first-order valence-corrected chi connectivity index (χ1v) is 10.4. The third kappa shape index (κ3) is 5.55. The van der Waals surface area contributed by atoms with Crippen LogP contribution < -0.4 is 15.4 Å². The van der Waals surface area contributed by atoms with E-state index in [2.05, 4.69) is 34.7 Å². The number of nitrogens with zero attached hydrogens (tertiary/aromatic N) is 1. The Hall–Kier alpha value is -2.40. The van der Waals surface area contributed by atoms with Crippen molar-refractivity contribution in [3.05, 3.63) is 59.9 Å². The van der Waals surface area contributed by atoms with Crippen LogP contribution in [0.2, 0.25) is 0 Å². The van der Waals surface area contributed by atoms with E-state index in [0.717, 1.165) is 55.7 Å². The van der Waals surface area contributed by atoms with Crippen molar-refractivity contribution in [2.45, 2.75) is 64.1 Å². The SMILES string of the molecule is CCCNC(=O)C1(NCc2ccc(OCc3ccccn3)cc2)CCCCC1. The lowest BCUT2D eigenvalue weighted by Gasteiger charge is -2.37. The minimum absolute atomic E-state index is 0.157. The van der Waals surface area contributed by atoms with Gasteiger partial charge in [-0.1, -0.05) is 44.4 Å². The van der Waals surface area contributed by atoms with Gasteiger partial charge in [-0.15, -0.1) is 0 Å². The molecule has 0 radical (unpaired) electrons. The quantitative estimate of drug-likeness (QED) is 0.690. The highest BCUT2D eigenvalue weighted by atomic mass is 16.5. The smallest absolute Gasteiger partial charge is 0.240 e. The molecule has 1 saturated carbocycles. The van der Waals surface area contributed by atoms with E-state index in [9.17, 15) is 4.79 Å². The van der Waals surface area contributed by atoms with Crippen LogP contribution in [0.15, 0.2) is 48.7 Å². The first-order valence-electron chi connectivity index (χ1n) is 10.4. The van der Waals surface area contributed by atoms with E-state index in [-0.39, 0.29) is 5.91 Å². The molecule has 2 N–H and O–H groups in total. The topological polar surface area (TPSA) is 63.2 Å². The molecule has 2 aromatic rings. The van der Waals surface area contributed by atoms with Gasteiger partial charge in [0.05, 0.1) is 11.2 Å². The van der Waals surface area contributed by atoms with Crippen molar-refractivity contribution in [3.8, 4) is 5.75 Å². The Morgan fingerprint density at radius 1 is 1.11 bits per heavy atom. The van der Waals surface area contributed by atoms with E-state index in [1.807, 2.05) is 30.3 Å². The number of benzene rings is 1. The van der Waals surface area contributed by atoms with Crippen molar-refractivity contribution in [1.29, 1.82) is 0 Å². The molecule has 0 unspecified atom stereocenters. The fraction of sp³-hybridized carbons (Fsp3) is 0.478. The monoisotopic (exact) mass is 381 g/mol. The third-order valence-corrected chi connectivity index (χ3v) is 5.34. The number of pyridine rings is 1. The Labute approximate surface area is 167 Å². The van der Waals surface area contributed by atoms with Gasteiger partial charge >= 0.3 is 0 Å². The molecule has 0 aliphatic heterocycles. The van der Waals surface area contributed by atoms with Crippen molar-refractivity contribution in [3.63, 3.8) is 0 Å². The van der Waals surface area contributed by atoms with Crippen molar-refractivity contribution in [2.24, 2.45) is 0 Å². The Morgan fingerprint density at radius 2 is 1.89 bits per heavy atom. The maximum absolute atomic E-state index is 12.8. The van der Waals surface area contributed by atoms with Gasteiger partial charge in [0.2, 0.25) is 5.91 Å². The van der Waals surface area contributed by atoms with Gasteiger partial charge in [0.25, 0.3) is 0 Å². The molecular weight excluding hydrogens is 350 g/mol. The number of aromatic nitrogens is 1. The molecule has 0 saturated heterocycles. The highest BCUT2D eigenvalue weighted by molar-refractivity contribution is 5.86. The largest absolute Gasteiger partial charge is 0.487 e. The van der Waals surface area contributed by atoms with Gasteiger partial charge in [-0.05, 0) is 49.1 Å². The van der Waals surface area contributed by atoms with E-state index in [1.165, 1.54) is 6.42 Å². The fourth-order valence-corrected chi connectivity index (χ4v) is 3.66. The Morgan fingerprint density at radius 3 is 2.57 bits per heavy atom. The van der Waals surface area contributed by atoms with Gasteiger partial charge in [0, 0.05) is 19.3 Å². The Kier molecular flexibility index (Phi) is 7.43. The van der Waals surface area contributed by atoms with Gasteiger partial charge in [0.1, 0.15) is 12.4 Å². The second-order valence-corrected chi connectivity index (χ2v) is 7.51. The summed E-state index contributed by atoms with van der Waals surface area (Å²) in [5.41, 5.74) is 1.63. The zero-order chi connectivity index (χ0) is 19.7. The minimum Gasteiger partial charge on any atom is -0.487 e. The number of hydrogen-bond acceptors (Lipinski definition) is 4. The normalized spacial score (nSPS) is 15.8. The average Bonchev–Trinajstić information content (AvgIpc) is 2.76. The molecule has 28 heavy (non-hydrogen) atoms. The molecule has 0 atom stereocenters. The zero-order valence-corrected chi connectivity index (χ0v) is 16.7. The number of nitrogens with one attached hydrogen (secondary N) is 2. The number of amides is 1. The molecular formula is C23H31N3O2. The van der Waals surface area contributed by atoms with Gasteiger partial charge < -0.3 is 10.1 Å². The van der Waals surface area contributed by atoms with Crippen LogP contribution in [0, 0.1) is 0 Å². The Balaban J connectivity index is 1.55. The lowest BCUT2D eigenvalue weighted by Crippen LogP contribution is -2.57. The molecule has 1 aromatic heterocycles. The molecule has 3 rings (SSSR count). The molecule has 1 aliphatic carbocycles. The van der Waals surface area contributed by atoms with Crippen LogP contribution in [0.3, 0.4) is 0 Å². The molecule has 1 aliphatic rings. The van der Waals surface area contributed by atoms with Crippen LogP contribution in [0.1, 0.15) is 56.7 Å². The second-order valence-electron chi connectivity index (χ2n) is 7.51. The summed E-state index contributed by atoms with van der Waals surface area (Å²) >= 11 is 0. The van der Waals surface area contributed by atoms with Gasteiger partial charge in [-0.25, -0.2) is 0 Å². The van der Waals surface area contributed by atoms with Crippen molar-refractivity contribution < 1.29 is 9.53 Å². The van der Waals surface area contributed by atoms with Crippen molar-refractivity contribution in [2.75, 3.05) is 6.54 Å². The molecule has 0 bridgehead atoms. The first kappa shape index (κ1) is 20.3. The van der Waals surface area contributed by atoms with Gasteiger partial charge in [-0.3, -0.25) is 15.1 Å². The molecule has 1 fully saturated rings. The van der Waals surface area contributed by atoms with Crippen LogP contribution in [0.4, 0.5) is 0 Å². The first-order chi connectivity index (χ1) is 13.7. The highest BCUT2D eigenvalue weighted by Crippen LogP contribution is 2.29. The molecule has 0 spiro atoms. The summed E-state index contributed by atoms with van der Waals surface area (Å²) < 4.78 is 5.80. The predicted octanol–water partition coefficient (Wildman–Crippen LogP) is 3.98. The molecule has 1 amide bonds. The van der Waals surface area contributed by atoms with Crippen molar-refractivity contribution >= 4 is 5.91 Å². The molecule has 5 heteroatoms. The summed E-state index contributed by atoms with van der Waals surface area (Å²) in [6.07, 6.45) is 7.97. The zero-order valence-electron chi connectivity index (χ0n) is 16.7. The van der Waals surface area contributed by atoms with E-state index in [0.29, 0.717) is 13.2 Å². The van der Waals surface area contributed by atoms with Crippen molar-refractivity contribution in [1.82, 2.24) is 15.6 Å². The van der Waals surface area contributed by atoms with E-state index >= 15 is 0 Å². The average molecular weight is 382 g/mol. The van der Waals surface area contributed by atoms with Crippen LogP contribution in [-0.2, 0) is 17.9 Å². The van der Waals surface area contributed by atoms with Gasteiger partial charge in [0.15, 0.2) is 0 Å². The standard InChI is InChI=1S/C23H31N3O2/c1-2-15-25-22(27)23(13-5-3-6-14-23)26-17-19-9-11-21(12-10-19)28-18-20-8-4-7-16-24-20/h4,7-12,16,26H,2-3,5-6,13-15,17-18H2,1H3,(H,25,27). The number of carbonyl (C=O) groups excluding carboxylic acids is 1. The summed E-state index contributed by atoms with van der Waals surface area (Å²) in [6, 6.07) is 13.9. The predicted molar refractivity (Wildman–Crippen MR) is 111 cm³/mol. The Bertz CT molecular complexity index is 725.